The quantitative estimate of drug-likeness (QED) is 0.795. The fraction of sp³-hybridized carbons (Fsp3) is 0.458. The van der Waals surface area contributed by atoms with Crippen molar-refractivity contribution >= 4 is 5.91 Å². The lowest BCUT2D eigenvalue weighted by molar-refractivity contribution is -0.119. The first-order chi connectivity index (χ1) is 14.5. The van der Waals surface area contributed by atoms with Gasteiger partial charge in [0.1, 0.15) is 0 Å². The van der Waals surface area contributed by atoms with Gasteiger partial charge in [-0.3, -0.25) is 9.69 Å². The predicted molar refractivity (Wildman–Crippen MR) is 112 cm³/mol. The standard InChI is InChI=1S/C24H28N2O4/c1-15-8-20-21(30-14-29-20)9-18(15)11-26-12-22(28)24(13-26)19(10-25-16(2)27)23(24)17-6-4-3-5-7-17/h3-9,19,22-23,28H,10-14H2,1-2H3,(H,25,27)/t19-,22+,23-,24-/m1/s1. The summed E-state index contributed by atoms with van der Waals surface area (Å²) in [6.45, 7) is 6.71. The molecule has 1 spiro atoms. The highest BCUT2D eigenvalue weighted by atomic mass is 16.7. The van der Waals surface area contributed by atoms with E-state index in [9.17, 15) is 9.90 Å². The molecule has 30 heavy (non-hydrogen) atoms. The number of hydrogen-bond acceptors (Lipinski definition) is 5. The Labute approximate surface area is 176 Å². The molecular formula is C24H28N2O4. The maximum absolute atomic E-state index is 11.5. The Morgan fingerprint density at radius 1 is 1.23 bits per heavy atom. The summed E-state index contributed by atoms with van der Waals surface area (Å²) in [6.07, 6.45) is -0.421. The summed E-state index contributed by atoms with van der Waals surface area (Å²) in [5, 5.41) is 14.1. The highest BCUT2D eigenvalue weighted by molar-refractivity contribution is 5.72. The molecule has 3 aliphatic rings. The summed E-state index contributed by atoms with van der Waals surface area (Å²) in [7, 11) is 0. The number of aliphatic hydroxyl groups excluding tert-OH is 1. The third kappa shape index (κ3) is 3.15. The number of carbonyl (C=O) groups excluding carboxylic acids is 1. The third-order valence-electron chi connectivity index (χ3n) is 7.07. The number of hydrogen-bond donors (Lipinski definition) is 2. The molecule has 6 nitrogen and oxygen atoms in total. The smallest absolute Gasteiger partial charge is 0.231 e. The van der Waals surface area contributed by atoms with Crippen LogP contribution in [-0.2, 0) is 11.3 Å². The average Bonchev–Trinajstić information content (AvgIpc) is 2.94. The number of rotatable bonds is 5. The van der Waals surface area contributed by atoms with E-state index in [1.165, 1.54) is 16.7 Å². The molecule has 1 saturated heterocycles. The summed E-state index contributed by atoms with van der Waals surface area (Å²) in [4.78, 5) is 13.9. The van der Waals surface area contributed by atoms with Gasteiger partial charge in [0.25, 0.3) is 0 Å². The van der Waals surface area contributed by atoms with Crippen molar-refractivity contribution in [3.05, 3.63) is 59.2 Å². The summed E-state index contributed by atoms with van der Waals surface area (Å²) in [5.41, 5.74) is 3.39. The van der Waals surface area contributed by atoms with Crippen molar-refractivity contribution in [1.82, 2.24) is 10.2 Å². The van der Waals surface area contributed by atoms with Crippen molar-refractivity contribution in [3.63, 3.8) is 0 Å². The molecule has 5 rings (SSSR count). The van der Waals surface area contributed by atoms with E-state index < -0.39 is 6.10 Å². The number of aliphatic hydroxyl groups is 1. The zero-order valence-electron chi connectivity index (χ0n) is 17.4. The van der Waals surface area contributed by atoms with Crippen LogP contribution in [0.3, 0.4) is 0 Å². The summed E-state index contributed by atoms with van der Waals surface area (Å²) < 4.78 is 11.0. The van der Waals surface area contributed by atoms with Crippen LogP contribution in [0.4, 0.5) is 0 Å². The maximum Gasteiger partial charge on any atom is 0.231 e. The highest BCUT2D eigenvalue weighted by Crippen LogP contribution is 2.68. The summed E-state index contributed by atoms with van der Waals surface area (Å²) in [6, 6.07) is 14.5. The SMILES string of the molecule is CC(=O)NC[C@@H]1[C@@H](c2ccccc2)[C@]12CN(Cc1cc3c(cc1C)OCO3)C[C@@H]2O. The second-order valence-electron chi connectivity index (χ2n) is 8.86. The van der Waals surface area contributed by atoms with Crippen LogP contribution in [0.15, 0.2) is 42.5 Å². The zero-order valence-corrected chi connectivity index (χ0v) is 17.4. The van der Waals surface area contributed by atoms with E-state index in [-0.39, 0.29) is 30.0 Å². The van der Waals surface area contributed by atoms with Crippen LogP contribution in [0.25, 0.3) is 0 Å². The monoisotopic (exact) mass is 408 g/mol. The topological polar surface area (TPSA) is 71.0 Å². The predicted octanol–water partition coefficient (Wildman–Crippen LogP) is 2.44. The van der Waals surface area contributed by atoms with Gasteiger partial charge >= 0.3 is 0 Å². The number of aryl methyl sites for hydroxylation is 1. The lowest BCUT2D eigenvalue weighted by Gasteiger charge is -2.18. The molecule has 1 aliphatic carbocycles. The van der Waals surface area contributed by atoms with Crippen molar-refractivity contribution in [2.75, 3.05) is 26.4 Å². The molecule has 0 radical (unpaired) electrons. The van der Waals surface area contributed by atoms with Gasteiger partial charge in [-0.25, -0.2) is 0 Å². The fourth-order valence-electron chi connectivity index (χ4n) is 5.56. The molecule has 158 valence electrons. The van der Waals surface area contributed by atoms with Gasteiger partial charge in [-0.2, -0.15) is 0 Å². The van der Waals surface area contributed by atoms with Crippen LogP contribution < -0.4 is 14.8 Å². The van der Waals surface area contributed by atoms with Crippen LogP contribution in [-0.4, -0.2) is 48.4 Å². The van der Waals surface area contributed by atoms with Crippen LogP contribution in [0.1, 0.15) is 29.5 Å². The molecule has 2 aliphatic heterocycles. The van der Waals surface area contributed by atoms with E-state index in [0.717, 1.165) is 24.6 Å². The van der Waals surface area contributed by atoms with E-state index in [1.807, 2.05) is 24.3 Å². The van der Waals surface area contributed by atoms with Gasteiger partial charge in [-0.1, -0.05) is 30.3 Å². The number of likely N-dealkylation sites (tertiary alicyclic amines) is 1. The van der Waals surface area contributed by atoms with E-state index in [0.29, 0.717) is 13.1 Å². The largest absolute Gasteiger partial charge is 0.454 e. The average molecular weight is 408 g/mol. The van der Waals surface area contributed by atoms with Crippen molar-refractivity contribution in [3.8, 4) is 11.5 Å². The first-order valence-corrected chi connectivity index (χ1v) is 10.6. The molecule has 6 heteroatoms. The number of amides is 1. The molecule has 0 bridgehead atoms. The number of nitrogens with zero attached hydrogens (tertiary/aromatic N) is 1. The minimum atomic E-state index is -0.421. The van der Waals surface area contributed by atoms with Crippen molar-refractivity contribution < 1.29 is 19.4 Å². The summed E-state index contributed by atoms with van der Waals surface area (Å²) >= 11 is 0. The van der Waals surface area contributed by atoms with Crippen molar-refractivity contribution in [2.24, 2.45) is 11.3 Å². The molecular weight excluding hydrogens is 380 g/mol. The normalized spacial score (nSPS) is 29.4. The molecule has 0 unspecified atom stereocenters. The number of β-amino-alcohol motifs (C(OH)–C–C–N with tert-alkyl or cyclic N) is 1. The second kappa shape index (κ2) is 7.29. The Morgan fingerprint density at radius 3 is 2.70 bits per heavy atom. The summed E-state index contributed by atoms with van der Waals surface area (Å²) in [5.74, 6) is 2.06. The van der Waals surface area contributed by atoms with Gasteiger partial charge in [0.2, 0.25) is 12.7 Å². The number of ether oxygens (including phenoxy) is 2. The highest BCUT2D eigenvalue weighted by Gasteiger charge is 2.70. The minimum absolute atomic E-state index is 0.0239. The Morgan fingerprint density at radius 2 is 1.97 bits per heavy atom. The first kappa shape index (κ1) is 19.4. The molecule has 2 aromatic carbocycles. The van der Waals surface area contributed by atoms with E-state index in [4.69, 9.17) is 9.47 Å². The lowest BCUT2D eigenvalue weighted by atomic mass is 9.95. The van der Waals surface area contributed by atoms with Gasteiger partial charge in [0.05, 0.1) is 6.10 Å². The van der Waals surface area contributed by atoms with Gasteiger partial charge in [0, 0.05) is 38.5 Å². The van der Waals surface area contributed by atoms with Crippen LogP contribution in [0.2, 0.25) is 0 Å². The number of benzene rings is 2. The Balaban J connectivity index is 1.37. The van der Waals surface area contributed by atoms with E-state index in [2.05, 4.69) is 35.3 Å². The molecule has 1 amide bonds. The lowest BCUT2D eigenvalue weighted by Crippen LogP contribution is -2.28. The number of fused-ring (bicyclic) bond motifs is 1. The fourth-order valence-corrected chi connectivity index (χ4v) is 5.56. The number of nitrogens with one attached hydrogen (secondary N) is 1. The molecule has 0 aromatic heterocycles. The van der Waals surface area contributed by atoms with Gasteiger partial charge in [-0.15, -0.1) is 0 Å². The number of carbonyl (C=O) groups is 1. The molecule has 2 heterocycles. The Bertz CT molecular complexity index is 963. The van der Waals surface area contributed by atoms with Crippen LogP contribution >= 0.6 is 0 Å². The Hall–Kier alpha value is -2.57. The van der Waals surface area contributed by atoms with Gasteiger partial charge in [0.15, 0.2) is 11.5 Å². The molecule has 2 N–H and O–H groups in total. The van der Waals surface area contributed by atoms with Crippen molar-refractivity contribution in [1.29, 1.82) is 0 Å². The molecule has 2 aromatic rings. The molecule has 4 atom stereocenters. The van der Waals surface area contributed by atoms with Crippen LogP contribution in [0.5, 0.6) is 11.5 Å². The first-order valence-electron chi connectivity index (χ1n) is 10.6. The molecule has 1 saturated carbocycles. The third-order valence-corrected chi connectivity index (χ3v) is 7.07. The molecule has 2 fully saturated rings. The minimum Gasteiger partial charge on any atom is -0.454 e. The van der Waals surface area contributed by atoms with E-state index >= 15 is 0 Å². The van der Waals surface area contributed by atoms with Crippen LogP contribution in [0, 0.1) is 18.3 Å². The van der Waals surface area contributed by atoms with Crippen molar-refractivity contribution in [2.45, 2.75) is 32.4 Å². The zero-order chi connectivity index (χ0) is 20.9. The second-order valence-corrected chi connectivity index (χ2v) is 8.86. The maximum atomic E-state index is 11.5. The van der Waals surface area contributed by atoms with E-state index in [1.54, 1.807) is 6.92 Å². The van der Waals surface area contributed by atoms with Gasteiger partial charge in [-0.05, 0) is 47.6 Å². The van der Waals surface area contributed by atoms with Gasteiger partial charge < -0.3 is 19.9 Å². The Kier molecular flexibility index (Phi) is 4.71.